The Labute approximate surface area is 124 Å². The van der Waals surface area contributed by atoms with Crippen molar-refractivity contribution in [1.29, 1.82) is 0 Å². The quantitative estimate of drug-likeness (QED) is 0.826. The van der Waals surface area contributed by atoms with Crippen LogP contribution in [0, 0.1) is 0 Å². The Morgan fingerprint density at radius 1 is 1.05 bits per heavy atom. The second-order valence-corrected chi connectivity index (χ2v) is 4.71. The van der Waals surface area contributed by atoms with Crippen LogP contribution in [0.1, 0.15) is 24.4 Å². The van der Waals surface area contributed by atoms with Crippen molar-refractivity contribution >= 4 is 5.97 Å². The summed E-state index contributed by atoms with van der Waals surface area (Å²) in [6.45, 7) is 0. The number of para-hydroxylation sites is 1. The molecule has 0 saturated heterocycles. The minimum absolute atomic E-state index is 0.185. The molecule has 21 heavy (non-hydrogen) atoms. The highest BCUT2D eigenvalue weighted by molar-refractivity contribution is 5.69. The zero-order valence-corrected chi connectivity index (χ0v) is 12.0. The van der Waals surface area contributed by atoms with Crippen molar-refractivity contribution in [3.8, 4) is 11.5 Å². The van der Waals surface area contributed by atoms with Crippen LogP contribution in [-0.4, -0.2) is 13.1 Å². The maximum Gasteiger partial charge on any atom is 0.305 e. The second-order valence-electron chi connectivity index (χ2n) is 4.71. The highest BCUT2D eigenvalue weighted by Gasteiger charge is 2.09. The SMILES string of the molecule is COC(=O)CCC(N)c1ccc(Oc2ccccc2)cc1. The van der Waals surface area contributed by atoms with Crippen LogP contribution in [0.4, 0.5) is 0 Å². The van der Waals surface area contributed by atoms with Crippen molar-refractivity contribution in [2.24, 2.45) is 5.73 Å². The summed E-state index contributed by atoms with van der Waals surface area (Å²) in [7, 11) is 1.38. The Kier molecular flexibility index (Phi) is 5.35. The van der Waals surface area contributed by atoms with Gasteiger partial charge in [-0.2, -0.15) is 0 Å². The summed E-state index contributed by atoms with van der Waals surface area (Å²) in [5.41, 5.74) is 7.02. The molecule has 0 aliphatic carbocycles. The summed E-state index contributed by atoms with van der Waals surface area (Å²) < 4.78 is 10.3. The first-order chi connectivity index (χ1) is 10.2. The summed E-state index contributed by atoms with van der Waals surface area (Å²) in [5, 5.41) is 0. The molecule has 1 atom stereocenters. The molecule has 0 amide bonds. The van der Waals surface area contributed by atoms with Crippen molar-refractivity contribution in [3.05, 3.63) is 60.2 Å². The molecule has 4 heteroatoms. The maximum atomic E-state index is 11.1. The van der Waals surface area contributed by atoms with E-state index >= 15 is 0 Å². The van der Waals surface area contributed by atoms with E-state index < -0.39 is 0 Å². The molecule has 0 spiro atoms. The topological polar surface area (TPSA) is 61.5 Å². The minimum Gasteiger partial charge on any atom is -0.469 e. The smallest absolute Gasteiger partial charge is 0.305 e. The van der Waals surface area contributed by atoms with E-state index in [9.17, 15) is 4.79 Å². The van der Waals surface area contributed by atoms with Gasteiger partial charge in [-0.15, -0.1) is 0 Å². The van der Waals surface area contributed by atoms with E-state index in [2.05, 4.69) is 4.74 Å². The largest absolute Gasteiger partial charge is 0.469 e. The van der Waals surface area contributed by atoms with E-state index in [0.29, 0.717) is 12.8 Å². The standard InChI is InChI=1S/C17H19NO3/c1-20-17(19)12-11-16(18)13-7-9-15(10-8-13)21-14-5-3-2-4-6-14/h2-10,16H,11-12,18H2,1H3. The van der Waals surface area contributed by atoms with E-state index in [1.807, 2.05) is 54.6 Å². The van der Waals surface area contributed by atoms with Gasteiger partial charge >= 0.3 is 5.97 Å². The molecule has 0 radical (unpaired) electrons. The van der Waals surface area contributed by atoms with Crippen LogP contribution < -0.4 is 10.5 Å². The Bertz CT molecular complexity index is 566. The molecule has 2 aromatic carbocycles. The van der Waals surface area contributed by atoms with Crippen molar-refractivity contribution in [2.45, 2.75) is 18.9 Å². The molecule has 2 rings (SSSR count). The number of esters is 1. The van der Waals surface area contributed by atoms with Crippen molar-refractivity contribution in [1.82, 2.24) is 0 Å². The van der Waals surface area contributed by atoms with Gasteiger partial charge in [0.15, 0.2) is 0 Å². The van der Waals surface area contributed by atoms with Gasteiger partial charge in [-0.3, -0.25) is 4.79 Å². The van der Waals surface area contributed by atoms with Crippen LogP contribution in [0.5, 0.6) is 11.5 Å². The minimum atomic E-state index is -0.241. The average Bonchev–Trinajstić information content (AvgIpc) is 2.54. The van der Waals surface area contributed by atoms with E-state index in [1.54, 1.807) is 0 Å². The Morgan fingerprint density at radius 3 is 2.29 bits per heavy atom. The highest BCUT2D eigenvalue weighted by atomic mass is 16.5. The third kappa shape index (κ3) is 4.61. The average molecular weight is 285 g/mol. The molecule has 0 aliphatic heterocycles. The van der Waals surface area contributed by atoms with Gasteiger partial charge in [0.05, 0.1) is 7.11 Å². The summed E-state index contributed by atoms with van der Waals surface area (Å²) >= 11 is 0. The van der Waals surface area contributed by atoms with Crippen LogP contribution in [0.25, 0.3) is 0 Å². The number of carbonyl (C=O) groups excluding carboxylic acids is 1. The van der Waals surface area contributed by atoms with Crippen LogP contribution in [-0.2, 0) is 9.53 Å². The fraction of sp³-hybridized carbons (Fsp3) is 0.235. The summed E-state index contributed by atoms with van der Waals surface area (Å²) in [4.78, 5) is 11.1. The molecule has 2 N–H and O–H groups in total. The van der Waals surface area contributed by atoms with Crippen molar-refractivity contribution in [2.75, 3.05) is 7.11 Å². The first-order valence-electron chi connectivity index (χ1n) is 6.84. The molecule has 0 fully saturated rings. The molecular weight excluding hydrogens is 266 g/mol. The number of methoxy groups -OCH3 is 1. The molecule has 4 nitrogen and oxygen atoms in total. The zero-order valence-electron chi connectivity index (χ0n) is 12.0. The van der Waals surface area contributed by atoms with E-state index in [1.165, 1.54) is 7.11 Å². The van der Waals surface area contributed by atoms with Crippen LogP contribution in [0.3, 0.4) is 0 Å². The fourth-order valence-corrected chi connectivity index (χ4v) is 1.95. The molecule has 0 heterocycles. The molecule has 1 unspecified atom stereocenters. The molecule has 0 saturated carbocycles. The third-order valence-electron chi connectivity index (χ3n) is 3.17. The monoisotopic (exact) mass is 285 g/mol. The maximum absolute atomic E-state index is 11.1. The number of hydrogen-bond donors (Lipinski definition) is 1. The molecule has 110 valence electrons. The Morgan fingerprint density at radius 2 is 1.67 bits per heavy atom. The predicted octanol–water partition coefficient (Wildman–Crippen LogP) is 3.43. The fourth-order valence-electron chi connectivity index (χ4n) is 1.95. The van der Waals surface area contributed by atoms with Gasteiger partial charge in [-0.1, -0.05) is 30.3 Å². The Balaban J connectivity index is 1.93. The van der Waals surface area contributed by atoms with Gasteiger partial charge in [0.2, 0.25) is 0 Å². The lowest BCUT2D eigenvalue weighted by molar-refractivity contribution is -0.140. The van der Waals surface area contributed by atoms with Crippen molar-refractivity contribution < 1.29 is 14.3 Å². The van der Waals surface area contributed by atoms with Crippen LogP contribution in [0.15, 0.2) is 54.6 Å². The summed E-state index contributed by atoms with van der Waals surface area (Å²) in [6, 6.07) is 17.0. The number of ether oxygens (including phenoxy) is 2. The Hall–Kier alpha value is -2.33. The van der Waals surface area contributed by atoms with Gasteiger partial charge < -0.3 is 15.2 Å². The normalized spacial score (nSPS) is 11.7. The van der Waals surface area contributed by atoms with Gasteiger partial charge in [0.1, 0.15) is 11.5 Å². The molecule has 0 bridgehead atoms. The molecule has 2 aromatic rings. The van der Waals surface area contributed by atoms with Crippen molar-refractivity contribution in [3.63, 3.8) is 0 Å². The zero-order chi connectivity index (χ0) is 15.1. The first-order valence-corrected chi connectivity index (χ1v) is 6.84. The summed E-state index contributed by atoms with van der Waals surface area (Å²) in [6.07, 6.45) is 0.880. The number of rotatable bonds is 6. The van der Waals surface area contributed by atoms with Gasteiger partial charge in [-0.25, -0.2) is 0 Å². The van der Waals surface area contributed by atoms with Gasteiger partial charge in [-0.05, 0) is 36.2 Å². The first kappa shape index (κ1) is 15.1. The molecule has 0 aromatic heterocycles. The van der Waals surface area contributed by atoms with E-state index in [-0.39, 0.29) is 12.0 Å². The lowest BCUT2D eigenvalue weighted by Gasteiger charge is -2.12. The number of benzene rings is 2. The lowest BCUT2D eigenvalue weighted by Crippen LogP contribution is -2.12. The second kappa shape index (κ2) is 7.45. The third-order valence-corrected chi connectivity index (χ3v) is 3.17. The highest BCUT2D eigenvalue weighted by Crippen LogP contribution is 2.24. The molecular formula is C17H19NO3. The van der Waals surface area contributed by atoms with E-state index in [0.717, 1.165) is 17.1 Å². The molecule has 0 aliphatic rings. The predicted molar refractivity (Wildman–Crippen MR) is 81.1 cm³/mol. The number of carbonyl (C=O) groups is 1. The van der Waals surface area contributed by atoms with E-state index in [4.69, 9.17) is 10.5 Å². The number of nitrogens with two attached hydrogens (primary N) is 1. The number of hydrogen-bond acceptors (Lipinski definition) is 4. The lowest BCUT2D eigenvalue weighted by atomic mass is 10.0. The van der Waals surface area contributed by atoms with Gasteiger partial charge in [0, 0.05) is 12.5 Å². The van der Waals surface area contributed by atoms with Gasteiger partial charge in [0.25, 0.3) is 0 Å². The van der Waals surface area contributed by atoms with Crippen LogP contribution >= 0.6 is 0 Å². The van der Waals surface area contributed by atoms with Crippen LogP contribution in [0.2, 0.25) is 0 Å². The summed E-state index contributed by atoms with van der Waals surface area (Å²) in [5.74, 6) is 1.31.